The quantitative estimate of drug-likeness (QED) is 0.509. The fraction of sp³-hybridized carbons (Fsp3) is 0.286. The zero-order valence-corrected chi connectivity index (χ0v) is 15.6. The molecule has 0 aliphatic rings. The lowest BCUT2D eigenvalue weighted by atomic mass is 9.75. The van der Waals surface area contributed by atoms with Crippen LogP contribution in [0.5, 0.6) is 0 Å². The Bertz CT molecular complexity index is 1000. The van der Waals surface area contributed by atoms with Crippen molar-refractivity contribution >= 4 is 5.97 Å². The first-order valence-corrected chi connectivity index (χ1v) is 8.93. The van der Waals surface area contributed by atoms with Crippen molar-refractivity contribution in [2.45, 2.75) is 37.8 Å². The molecule has 0 bridgehead atoms. The van der Waals surface area contributed by atoms with Crippen molar-refractivity contribution in [1.82, 2.24) is 4.68 Å². The van der Waals surface area contributed by atoms with Crippen molar-refractivity contribution in [2.24, 2.45) is 0 Å². The largest absolute Gasteiger partial charge is 0.479 e. The number of hydrogen-bond acceptors (Lipinski definition) is 5. The number of carbonyl (C=O) groups is 1. The van der Waals surface area contributed by atoms with Crippen molar-refractivity contribution in [3.63, 3.8) is 0 Å². The molecule has 3 N–H and O–H groups in total. The second-order valence-corrected chi connectivity index (χ2v) is 7.38. The number of aliphatic hydroxyl groups excluding tert-OH is 1. The van der Waals surface area contributed by atoms with Gasteiger partial charge in [-0.1, -0.05) is 68.4 Å². The van der Waals surface area contributed by atoms with Crippen LogP contribution < -0.4 is 16.5 Å². The molecule has 1 heterocycles. The van der Waals surface area contributed by atoms with E-state index in [1.807, 2.05) is 68.4 Å². The van der Waals surface area contributed by atoms with Gasteiger partial charge in [-0.15, -0.1) is 0 Å². The van der Waals surface area contributed by atoms with Crippen LogP contribution in [0.2, 0.25) is 0 Å². The summed E-state index contributed by atoms with van der Waals surface area (Å²) in [5.74, 6) is -1.36. The summed E-state index contributed by atoms with van der Waals surface area (Å²) in [5, 5.41) is 18.9. The molecule has 7 nitrogen and oxygen atoms in total. The minimum absolute atomic E-state index is 0.167. The highest BCUT2D eigenvalue weighted by Crippen LogP contribution is 2.32. The van der Waals surface area contributed by atoms with Crippen LogP contribution in [0.4, 0.5) is 0 Å². The number of aliphatic hydroxyl groups is 1. The van der Waals surface area contributed by atoms with Gasteiger partial charge in [0.1, 0.15) is 0 Å². The van der Waals surface area contributed by atoms with Crippen LogP contribution in [-0.4, -0.2) is 33.0 Å². The molecular formula is C21H22N2O5. The zero-order chi connectivity index (χ0) is 20.5. The third-order valence-corrected chi connectivity index (χ3v) is 5.18. The Hall–Kier alpha value is -3.19. The predicted molar refractivity (Wildman–Crippen MR) is 106 cm³/mol. The molecule has 0 saturated carbocycles. The highest BCUT2D eigenvalue weighted by Gasteiger charge is 2.36. The number of aromatic nitrogens is 1. The summed E-state index contributed by atoms with van der Waals surface area (Å²) in [6.45, 7) is 3.74. The molecule has 1 aromatic heterocycles. The van der Waals surface area contributed by atoms with Crippen LogP contribution in [0.15, 0.2) is 64.2 Å². The molecule has 0 spiro atoms. The van der Waals surface area contributed by atoms with Gasteiger partial charge in [0.15, 0.2) is 6.10 Å². The van der Waals surface area contributed by atoms with Gasteiger partial charge in [-0.3, -0.25) is 9.59 Å². The first-order chi connectivity index (χ1) is 13.2. The molecule has 3 aromatic rings. The molecule has 0 aliphatic heterocycles. The summed E-state index contributed by atoms with van der Waals surface area (Å²) in [6.07, 6.45) is -1.79. The third-order valence-electron chi connectivity index (χ3n) is 5.18. The van der Waals surface area contributed by atoms with Crippen molar-refractivity contribution in [3.05, 3.63) is 80.9 Å². The van der Waals surface area contributed by atoms with Gasteiger partial charge >= 0.3 is 17.1 Å². The van der Waals surface area contributed by atoms with Crippen LogP contribution >= 0.6 is 0 Å². The fourth-order valence-corrected chi connectivity index (χ4v) is 3.16. The van der Waals surface area contributed by atoms with Gasteiger partial charge in [-0.25, -0.2) is 4.79 Å². The van der Waals surface area contributed by atoms with E-state index in [0.717, 1.165) is 21.4 Å². The van der Waals surface area contributed by atoms with Gasteiger partial charge in [0.05, 0.1) is 6.04 Å². The maximum atomic E-state index is 11.4. The van der Waals surface area contributed by atoms with Crippen molar-refractivity contribution in [1.29, 1.82) is 0 Å². The maximum absolute atomic E-state index is 11.4. The molecule has 7 heteroatoms. The molecule has 0 saturated heterocycles. The molecular weight excluding hydrogens is 360 g/mol. The SMILES string of the molecule is CC(C)(c1ccc(-c2ccccc2)cc1)[C@H](C[C@@H](O)C(=O)O)Nn1c(=O)c1=O. The van der Waals surface area contributed by atoms with E-state index in [9.17, 15) is 19.5 Å². The maximum Gasteiger partial charge on any atom is 0.340 e. The summed E-state index contributed by atoms with van der Waals surface area (Å²) >= 11 is 0. The Labute approximate surface area is 161 Å². The van der Waals surface area contributed by atoms with E-state index in [1.54, 1.807) is 0 Å². The number of carboxylic acids is 1. The first kappa shape index (κ1) is 19.6. The molecule has 146 valence electrons. The first-order valence-electron chi connectivity index (χ1n) is 8.93. The van der Waals surface area contributed by atoms with Crippen molar-refractivity contribution in [2.75, 3.05) is 5.43 Å². The van der Waals surface area contributed by atoms with Crippen molar-refractivity contribution < 1.29 is 15.0 Å². The topological polar surface area (TPSA) is 109 Å². The number of aliphatic carboxylic acids is 1. The Morgan fingerprint density at radius 3 is 2.04 bits per heavy atom. The lowest BCUT2D eigenvalue weighted by molar-refractivity contribution is -0.147. The number of carboxylic acid groups (broad SMARTS) is 1. The van der Waals surface area contributed by atoms with Gasteiger partial charge < -0.3 is 15.6 Å². The van der Waals surface area contributed by atoms with Crippen LogP contribution in [0, 0.1) is 0 Å². The zero-order valence-electron chi connectivity index (χ0n) is 15.6. The lowest BCUT2D eigenvalue weighted by Gasteiger charge is -2.36. The van der Waals surface area contributed by atoms with E-state index in [4.69, 9.17) is 5.11 Å². The Morgan fingerprint density at radius 1 is 1.00 bits per heavy atom. The summed E-state index contributed by atoms with van der Waals surface area (Å²) in [6, 6.07) is 17.0. The molecule has 28 heavy (non-hydrogen) atoms. The number of nitrogens with one attached hydrogen (secondary N) is 1. The van der Waals surface area contributed by atoms with Gasteiger partial charge in [0.2, 0.25) is 0 Å². The number of nitrogens with zero attached hydrogens (tertiary/aromatic N) is 1. The molecule has 0 unspecified atom stereocenters. The minimum atomic E-state index is -1.62. The fourth-order valence-electron chi connectivity index (χ4n) is 3.16. The molecule has 0 radical (unpaired) electrons. The summed E-state index contributed by atoms with van der Waals surface area (Å²) < 4.78 is 0.847. The van der Waals surface area contributed by atoms with Crippen LogP contribution in [0.1, 0.15) is 25.8 Å². The average molecular weight is 382 g/mol. The summed E-state index contributed by atoms with van der Waals surface area (Å²) in [5.41, 5.74) is 3.73. The van der Waals surface area contributed by atoms with Gasteiger partial charge in [-0.05, 0) is 16.7 Å². The van der Waals surface area contributed by atoms with Crippen molar-refractivity contribution in [3.8, 4) is 11.1 Å². The normalized spacial score (nSPS) is 14.0. The van der Waals surface area contributed by atoms with Crippen LogP contribution in [0.25, 0.3) is 11.1 Å². The minimum Gasteiger partial charge on any atom is -0.479 e. The molecule has 2 aromatic carbocycles. The highest BCUT2D eigenvalue weighted by molar-refractivity contribution is 5.72. The smallest absolute Gasteiger partial charge is 0.340 e. The molecule has 0 amide bonds. The van der Waals surface area contributed by atoms with Crippen LogP contribution in [-0.2, 0) is 10.2 Å². The molecule has 0 fully saturated rings. The third kappa shape index (κ3) is 3.89. The van der Waals surface area contributed by atoms with E-state index >= 15 is 0 Å². The Kier molecular flexibility index (Phi) is 5.20. The Morgan fingerprint density at radius 2 is 1.54 bits per heavy atom. The van der Waals surface area contributed by atoms with E-state index in [1.165, 1.54) is 0 Å². The lowest BCUT2D eigenvalue weighted by Crippen LogP contribution is -2.46. The van der Waals surface area contributed by atoms with Crippen LogP contribution in [0.3, 0.4) is 0 Å². The molecule has 3 rings (SSSR count). The van der Waals surface area contributed by atoms with E-state index in [-0.39, 0.29) is 6.42 Å². The molecule has 2 atom stereocenters. The van der Waals surface area contributed by atoms with E-state index < -0.39 is 34.6 Å². The number of hydrogen-bond donors (Lipinski definition) is 3. The monoisotopic (exact) mass is 382 g/mol. The predicted octanol–water partition coefficient (Wildman–Crippen LogP) is 1.48. The second-order valence-electron chi connectivity index (χ2n) is 7.38. The van der Waals surface area contributed by atoms with E-state index in [0.29, 0.717) is 0 Å². The van der Waals surface area contributed by atoms with Gasteiger partial charge in [-0.2, -0.15) is 4.68 Å². The average Bonchev–Trinajstić information content (AvgIpc) is 3.26. The Balaban J connectivity index is 1.89. The summed E-state index contributed by atoms with van der Waals surface area (Å²) in [7, 11) is 0. The van der Waals surface area contributed by atoms with Gasteiger partial charge in [0, 0.05) is 11.8 Å². The highest BCUT2D eigenvalue weighted by atomic mass is 16.4. The second kappa shape index (κ2) is 7.44. The van der Waals surface area contributed by atoms with E-state index in [2.05, 4.69) is 5.43 Å². The van der Waals surface area contributed by atoms with Gasteiger partial charge in [0.25, 0.3) is 0 Å². The number of rotatable bonds is 8. The standard InChI is InChI=1S/C21H22N2O5/c1-21(2,15-10-8-14(9-11-15)13-6-4-3-5-7-13)17(12-16(24)20(27)28)22-23-18(25)19(23)26/h3-11,16-17,22,24H,12H2,1-2H3,(H,27,28)/t16-,17+/m1/s1. The molecule has 0 aliphatic carbocycles. The number of benzene rings is 2. The summed E-state index contributed by atoms with van der Waals surface area (Å²) in [4.78, 5) is 33.9.